The van der Waals surface area contributed by atoms with Gasteiger partial charge in [0, 0.05) is 23.7 Å². The number of anilines is 1. The summed E-state index contributed by atoms with van der Waals surface area (Å²) in [4.78, 5) is 5.06. The minimum absolute atomic E-state index is 0.699. The molecule has 0 amide bonds. The van der Waals surface area contributed by atoms with Crippen LogP contribution in [0.25, 0.3) is 10.4 Å². The van der Waals surface area contributed by atoms with Gasteiger partial charge in [-0.2, -0.15) is 0 Å². The molecule has 1 saturated heterocycles. The largest absolute Gasteiger partial charge is 0.378 e. The molecule has 84 valence electrons. The Morgan fingerprint density at radius 1 is 1.38 bits per heavy atom. The highest BCUT2D eigenvalue weighted by Crippen LogP contribution is 2.30. The van der Waals surface area contributed by atoms with E-state index in [1.165, 1.54) is 0 Å². The number of aryl methyl sites for hydroxylation is 1. The number of morpholine rings is 1. The van der Waals surface area contributed by atoms with Crippen molar-refractivity contribution in [3.63, 3.8) is 0 Å². The summed E-state index contributed by atoms with van der Waals surface area (Å²) in [6.45, 7) is 5.13. The van der Waals surface area contributed by atoms with Crippen molar-refractivity contribution in [2.45, 2.75) is 6.92 Å². The Hall–Kier alpha value is -1.71. The number of azide groups is 1. The van der Waals surface area contributed by atoms with Crippen molar-refractivity contribution in [2.24, 2.45) is 5.11 Å². The minimum atomic E-state index is 0.699. The van der Waals surface area contributed by atoms with Gasteiger partial charge in [-0.3, -0.25) is 0 Å². The molecule has 16 heavy (non-hydrogen) atoms. The summed E-state index contributed by atoms with van der Waals surface area (Å²) in [5, 5.41) is 3.74. The smallest absolute Gasteiger partial charge is 0.0642 e. The molecule has 1 aromatic carbocycles. The number of rotatable bonds is 2. The van der Waals surface area contributed by atoms with E-state index < -0.39 is 0 Å². The maximum atomic E-state index is 8.55. The summed E-state index contributed by atoms with van der Waals surface area (Å²) < 4.78 is 5.30. The molecular weight excluding hydrogens is 204 g/mol. The molecule has 0 radical (unpaired) electrons. The van der Waals surface area contributed by atoms with E-state index in [9.17, 15) is 0 Å². The third-order valence-electron chi connectivity index (χ3n) is 2.64. The predicted molar refractivity (Wildman–Crippen MR) is 63.0 cm³/mol. The van der Waals surface area contributed by atoms with Crippen LogP contribution in [0.15, 0.2) is 23.3 Å². The molecule has 1 fully saturated rings. The first-order valence-electron chi connectivity index (χ1n) is 5.30. The predicted octanol–water partition coefficient (Wildman–Crippen LogP) is 2.77. The van der Waals surface area contributed by atoms with Gasteiger partial charge in [-0.25, -0.2) is 0 Å². The lowest BCUT2D eigenvalue weighted by molar-refractivity contribution is 0.123. The van der Waals surface area contributed by atoms with Gasteiger partial charge >= 0.3 is 0 Å². The van der Waals surface area contributed by atoms with Crippen LogP contribution in [0.3, 0.4) is 0 Å². The molecular formula is C11H14N4O. The van der Waals surface area contributed by atoms with Crippen molar-refractivity contribution >= 4 is 11.4 Å². The molecule has 5 heteroatoms. The maximum Gasteiger partial charge on any atom is 0.0642 e. The van der Waals surface area contributed by atoms with E-state index >= 15 is 0 Å². The summed E-state index contributed by atoms with van der Waals surface area (Å²) in [5.41, 5.74) is 11.3. The van der Waals surface area contributed by atoms with Crippen LogP contribution in [-0.2, 0) is 4.74 Å². The first-order chi connectivity index (χ1) is 7.81. The number of hydrogen-bond acceptors (Lipinski definition) is 3. The Bertz CT molecular complexity index is 420. The van der Waals surface area contributed by atoms with E-state index in [1.807, 2.05) is 25.1 Å². The van der Waals surface area contributed by atoms with Gasteiger partial charge in [0.1, 0.15) is 0 Å². The van der Waals surface area contributed by atoms with Crippen LogP contribution in [0.1, 0.15) is 5.56 Å². The van der Waals surface area contributed by atoms with Crippen molar-refractivity contribution in [1.82, 2.24) is 0 Å². The molecule has 1 heterocycles. The molecule has 0 aromatic heterocycles. The average molecular weight is 218 g/mol. The SMILES string of the molecule is Cc1ccc(N2CCOCC2)c(N=[N+]=[N-])c1. The normalized spacial score (nSPS) is 15.7. The van der Waals surface area contributed by atoms with Gasteiger partial charge < -0.3 is 9.64 Å². The topological polar surface area (TPSA) is 61.2 Å². The van der Waals surface area contributed by atoms with Gasteiger partial charge in [-0.05, 0) is 24.6 Å². The van der Waals surface area contributed by atoms with E-state index in [4.69, 9.17) is 10.3 Å². The van der Waals surface area contributed by atoms with Crippen LogP contribution in [-0.4, -0.2) is 26.3 Å². The van der Waals surface area contributed by atoms with Gasteiger partial charge in [0.2, 0.25) is 0 Å². The van der Waals surface area contributed by atoms with Crippen molar-refractivity contribution in [1.29, 1.82) is 0 Å². The molecule has 0 spiro atoms. The van der Waals surface area contributed by atoms with E-state index in [-0.39, 0.29) is 0 Å². The summed E-state index contributed by atoms with van der Waals surface area (Å²) >= 11 is 0. The van der Waals surface area contributed by atoms with E-state index in [2.05, 4.69) is 14.9 Å². The fraction of sp³-hybridized carbons (Fsp3) is 0.455. The average Bonchev–Trinajstić information content (AvgIpc) is 2.31. The van der Waals surface area contributed by atoms with E-state index in [0.29, 0.717) is 5.69 Å². The molecule has 5 nitrogen and oxygen atoms in total. The van der Waals surface area contributed by atoms with Crippen LogP contribution in [0, 0.1) is 6.92 Å². The Labute approximate surface area is 94.3 Å². The first-order valence-corrected chi connectivity index (χ1v) is 5.30. The van der Waals surface area contributed by atoms with Gasteiger partial charge in [0.15, 0.2) is 0 Å². The molecule has 2 rings (SSSR count). The minimum Gasteiger partial charge on any atom is -0.378 e. The zero-order chi connectivity index (χ0) is 11.4. The summed E-state index contributed by atoms with van der Waals surface area (Å²) in [5.74, 6) is 0. The molecule has 0 aliphatic carbocycles. The number of hydrogen-bond donors (Lipinski definition) is 0. The van der Waals surface area contributed by atoms with E-state index in [1.54, 1.807) is 0 Å². The van der Waals surface area contributed by atoms with Gasteiger partial charge in [-0.15, -0.1) is 0 Å². The Kier molecular flexibility index (Phi) is 3.29. The molecule has 0 saturated carbocycles. The molecule has 0 unspecified atom stereocenters. The third kappa shape index (κ3) is 2.27. The summed E-state index contributed by atoms with van der Waals surface area (Å²) in [7, 11) is 0. The number of benzene rings is 1. The Balaban J connectivity index is 2.34. The van der Waals surface area contributed by atoms with E-state index in [0.717, 1.165) is 37.6 Å². The lowest BCUT2D eigenvalue weighted by atomic mass is 10.1. The fourth-order valence-electron chi connectivity index (χ4n) is 1.83. The molecule has 1 aliphatic heterocycles. The highest BCUT2D eigenvalue weighted by Gasteiger charge is 2.13. The third-order valence-corrected chi connectivity index (χ3v) is 2.64. The standard InChI is InChI=1S/C11H14N4O/c1-9-2-3-11(10(8-9)13-14-12)15-4-6-16-7-5-15/h2-3,8H,4-7H2,1H3. The Morgan fingerprint density at radius 2 is 2.12 bits per heavy atom. The number of ether oxygens (including phenoxy) is 1. The van der Waals surface area contributed by atoms with Crippen molar-refractivity contribution in [3.8, 4) is 0 Å². The lowest BCUT2D eigenvalue weighted by Gasteiger charge is -2.30. The molecule has 1 aliphatic rings. The monoisotopic (exact) mass is 218 g/mol. The molecule has 0 N–H and O–H groups in total. The fourth-order valence-corrected chi connectivity index (χ4v) is 1.83. The van der Waals surface area contributed by atoms with Crippen molar-refractivity contribution in [2.75, 3.05) is 31.2 Å². The van der Waals surface area contributed by atoms with Crippen molar-refractivity contribution in [3.05, 3.63) is 34.2 Å². The zero-order valence-electron chi connectivity index (χ0n) is 9.26. The maximum absolute atomic E-state index is 8.55. The van der Waals surface area contributed by atoms with Gasteiger partial charge in [-0.1, -0.05) is 16.7 Å². The van der Waals surface area contributed by atoms with Crippen LogP contribution in [0.2, 0.25) is 0 Å². The zero-order valence-corrected chi connectivity index (χ0v) is 9.26. The first kappa shape index (κ1) is 10.8. The van der Waals surface area contributed by atoms with Gasteiger partial charge in [0.05, 0.1) is 18.9 Å². The highest BCUT2D eigenvalue weighted by atomic mass is 16.5. The second-order valence-corrected chi connectivity index (χ2v) is 3.78. The highest BCUT2D eigenvalue weighted by molar-refractivity contribution is 5.68. The second-order valence-electron chi connectivity index (χ2n) is 3.78. The number of nitrogens with zero attached hydrogens (tertiary/aromatic N) is 4. The Morgan fingerprint density at radius 3 is 2.81 bits per heavy atom. The quantitative estimate of drug-likeness (QED) is 0.435. The van der Waals surface area contributed by atoms with Crippen LogP contribution in [0.5, 0.6) is 0 Å². The summed E-state index contributed by atoms with van der Waals surface area (Å²) in [6, 6.07) is 5.94. The lowest BCUT2D eigenvalue weighted by Crippen LogP contribution is -2.36. The van der Waals surface area contributed by atoms with Crippen LogP contribution in [0.4, 0.5) is 11.4 Å². The molecule has 1 aromatic rings. The van der Waals surface area contributed by atoms with Crippen molar-refractivity contribution < 1.29 is 4.74 Å². The molecule has 0 atom stereocenters. The van der Waals surface area contributed by atoms with Gasteiger partial charge in [0.25, 0.3) is 0 Å². The van der Waals surface area contributed by atoms with Crippen LogP contribution < -0.4 is 4.90 Å². The molecule has 0 bridgehead atoms. The van der Waals surface area contributed by atoms with Crippen LogP contribution >= 0.6 is 0 Å². The second kappa shape index (κ2) is 4.88. The summed E-state index contributed by atoms with van der Waals surface area (Å²) in [6.07, 6.45) is 0.